The maximum Gasteiger partial charge on any atom is 0.258 e. The van der Waals surface area contributed by atoms with Crippen molar-refractivity contribution < 1.29 is 9.18 Å². The van der Waals surface area contributed by atoms with E-state index in [1.165, 1.54) is 12.4 Å². The number of carbonyl (C=O) groups is 1. The van der Waals surface area contributed by atoms with Crippen molar-refractivity contribution in [2.24, 2.45) is 0 Å². The second-order valence-corrected chi connectivity index (χ2v) is 11.0. The molecule has 206 valence electrons. The lowest BCUT2D eigenvalue weighted by Gasteiger charge is -2.28. The highest BCUT2D eigenvalue weighted by molar-refractivity contribution is 6.22. The number of nitrogens with one attached hydrogen (secondary N) is 3. The zero-order valence-electron chi connectivity index (χ0n) is 21.9. The smallest absolute Gasteiger partial charge is 0.258 e. The average Bonchev–Trinajstić information content (AvgIpc) is 3.59. The zero-order valence-corrected chi connectivity index (χ0v) is 22.6. The van der Waals surface area contributed by atoms with E-state index in [1.54, 1.807) is 16.9 Å². The van der Waals surface area contributed by atoms with Gasteiger partial charge in [-0.15, -0.1) is 11.6 Å². The molecule has 1 aromatic carbocycles. The number of allylic oxidation sites excluding steroid dienone is 4. The normalized spacial score (nSPS) is 18.2. The predicted octanol–water partition coefficient (Wildman–Crippen LogP) is 5.40. The number of aromatic nitrogens is 4. The molecule has 10 heteroatoms. The molecule has 1 atom stereocenters. The van der Waals surface area contributed by atoms with E-state index < -0.39 is 6.17 Å². The molecule has 40 heavy (non-hydrogen) atoms. The van der Waals surface area contributed by atoms with Crippen LogP contribution < -0.4 is 10.9 Å². The molecule has 0 spiro atoms. The fourth-order valence-corrected chi connectivity index (χ4v) is 5.37. The molecule has 4 heterocycles. The Kier molecular flexibility index (Phi) is 7.40. The van der Waals surface area contributed by atoms with Crippen molar-refractivity contribution in [3.05, 3.63) is 94.2 Å². The maximum atomic E-state index is 13.5. The van der Waals surface area contributed by atoms with E-state index in [-0.39, 0.29) is 16.8 Å². The number of benzene rings is 1. The Morgan fingerprint density at radius 1 is 1.18 bits per heavy atom. The SMILES string of the molecule is O=C(Nc1c[nH]c(=O)c(-c2cc3cc(CN4CCC(F)CC4)ccc3[nH]2)c1)c1cnn(CC2=CCC(Cl)C=C2)c1. The van der Waals surface area contributed by atoms with E-state index in [2.05, 4.69) is 43.5 Å². The van der Waals surface area contributed by atoms with Crippen LogP contribution in [0.15, 0.2) is 77.5 Å². The van der Waals surface area contributed by atoms with E-state index in [4.69, 9.17) is 11.6 Å². The number of hydrogen-bond donors (Lipinski definition) is 3. The van der Waals surface area contributed by atoms with Gasteiger partial charge >= 0.3 is 0 Å². The Labute approximate surface area is 235 Å². The minimum Gasteiger partial charge on any atom is -0.354 e. The number of H-pyrrole nitrogens is 2. The van der Waals surface area contributed by atoms with Crippen molar-refractivity contribution in [2.75, 3.05) is 18.4 Å². The molecule has 3 aromatic heterocycles. The van der Waals surface area contributed by atoms with Crippen LogP contribution in [-0.4, -0.2) is 55.2 Å². The molecule has 1 unspecified atom stereocenters. The largest absolute Gasteiger partial charge is 0.354 e. The Morgan fingerprint density at radius 2 is 2.02 bits per heavy atom. The number of nitrogens with zero attached hydrogens (tertiary/aromatic N) is 3. The van der Waals surface area contributed by atoms with Crippen LogP contribution in [0.5, 0.6) is 0 Å². The molecule has 0 radical (unpaired) electrons. The number of alkyl halides is 2. The summed E-state index contributed by atoms with van der Waals surface area (Å²) < 4.78 is 15.2. The quantitative estimate of drug-likeness (QED) is 0.264. The Bertz CT molecular complexity index is 1660. The summed E-state index contributed by atoms with van der Waals surface area (Å²) in [6.45, 7) is 2.84. The van der Waals surface area contributed by atoms with E-state index in [0.717, 1.165) is 48.1 Å². The molecule has 1 aliphatic carbocycles. The third kappa shape index (κ3) is 5.95. The third-order valence-corrected chi connectivity index (χ3v) is 7.75. The molecule has 2 aliphatic rings. The second-order valence-electron chi connectivity index (χ2n) is 10.5. The molecule has 0 saturated carbocycles. The predicted molar refractivity (Wildman–Crippen MR) is 155 cm³/mol. The van der Waals surface area contributed by atoms with Crippen LogP contribution in [0.1, 0.15) is 35.2 Å². The van der Waals surface area contributed by atoms with Crippen LogP contribution >= 0.6 is 11.6 Å². The van der Waals surface area contributed by atoms with Crippen LogP contribution in [0, 0.1) is 0 Å². The van der Waals surface area contributed by atoms with Gasteiger partial charge in [-0.3, -0.25) is 19.2 Å². The van der Waals surface area contributed by atoms with Crippen LogP contribution in [-0.2, 0) is 13.1 Å². The van der Waals surface area contributed by atoms with Gasteiger partial charge in [0.25, 0.3) is 11.5 Å². The molecule has 4 aromatic rings. The second kappa shape index (κ2) is 11.3. The number of anilines is 1. The number of piperidine rings is 1. The van der Waals surface area contributed by atoms with E-state index >= 15 is 0 Å². The highest BCUT2D eigenvalue weighted by Gasteiger charge is 2.19. The average molecular weight is 561 g/mol. The van der Waals surface area contributed by atoms with Gasteiger partial charge in [-0.1, -0.05) is 24.3 Å². The minimum atomic E-state index is -0.691. The molecule has 3 N–H and O–H groups in total. The lowest BCUT2D eigenvalue weighted by atomic mass is 10.1. The van der Waals surface area contributed by atoms with Gasteiger partial charge in [0, 0.05) is 42.9 Å². The third-order valence-electron chi connectivity index (χ3n) is 7.42. The molecule has 1 saturated heterocycles. The van der Waals surface area contributed by atoms with Gasteiger partial charge in [0.15, 0.2) is 0 Å². The molecule has 1 fully saturated rings. The van der Waals surface area contributed by atoms with Crippen molar-refractivity contribution in [3.63, 3.8) is 0 Å². The maximum absolute atomic E-state index is 13.5. The molecule has 1 aliphatic heterocycles. The monoisotopic (exact) mass is 560 g/mol. The Hall–Kier alpha value is -3.95. The summed E-state index contributed by atoms with van der Waals surface area (Å²) >= 11 is 6.09. The number of hydrogen-bond acceptors (Lipinski definition) is 4. The van der Waals surface area contributed by atoms with Crippen LogP contribution in [0.2, 0.25) is 0 Å². The highest BCUT2D eigenvalue weighted by Crippen LogP contribution is 2.26. The van der Waals surface area contributed by atoms with E-state index in [9.17, 15) is 14.0 Å². The van der Waals surface area contributed by atoms with Crippen molar-refractivity contribution >= 4 is 34.1 Å². The first-order chi connectivity index (χ1) is 19.4. The first-order valence-corrected chi connectivity index (χ1v) is 13.9. The lowest BCUT2D eigenvalue weighted by Crippen LogP contribution is -2.33. The zero-order chi connectivity index (χ0) is 27.6. The first-order valence-electron chi connectivity index (χ1n) is 13.5. The topological polar surface area (TPSA) is 98.8 Å². The van der Waals surface area contributed by atoms with E-state index in [1.807, 2.05) is 24.3 Å². The number of fused-ring (bicyclic) bond motifs is 1. The summed E-state index contributed by atoms with van der Waals surface area (Å²) in [5, 5.41) is 8.17. The van der Waals surface area contributed by atoms with Crippen molar-refractivity contribution in [1.82, 2.24) is 24.6 Å². The number of carbonyl (C=O) groups excluding carboxylic acids is 1. The van der Waals surface area contributed by atoms with Crippen LogP contribution in [0.4, 0.5) is 10.1 Å². The van der Waals surface area contributed by atoms with E-state index in [0.29, 0.717) is 41.9 Å². The van der Waals surface area contributed by atoms with Gasteiger partial charge in [-0.05, 0) is 54.7 Å². The first kappa shape index (κ1) is 26.3. The lowest BCUT2D eigenvalue weighted by molar-refractivity contribution is 0.102. The molecule has 1 amide bonds. The summed E-state index contributed by atoms with van der Waals surface area (Å²) in [6.07, 6.45) is 11.9. The number of amides is 1. The van der Waals surface area contributed by atoms with Gasteiger partial charge in [-0.2, -0.15) is 5.10 Å². The summed E-state index contributed by atoms with van der Waals surface area (Å²) in [5.74, 6) is -0.323. The van der Waals surface area contributed by atoms with Gasteiger partial charge in [0.05, 0.1) is 40.6 Å². The number of likely N-dealkylation sites (tertiary alicyclic amines) is 1. The summed E-state index contributed by atoms with van der Waals surface area (Å²) in [6, 6.07) is 9.75. The van der Waals surface area contributed by atoms with Crippen molar-refractivity contribution in [1.29, 1.82) is 0 Å². The van der Waals surface area contributed by atoms with Gasteiger partial charge in [0.2, 0.25) is 0 Å². The summed E-state index contributed by atoms with van der Waals surface area (Å²) in [5.41, 5.74) is 4.83. The Balaban J connectivity index is 1.15. The number of pyridine rings is 1. The van der Waals surface area contributed by atoms with Crippen LogP contribution in [0.25, 0.3) is 22.2 Å². The van der Waals surface area contributed by atoms with Crippen molar-refractivity contribution in [2.45, 2.75) is 43.9 Å². The minimum absolute atomic E-state index is 0.0176. The summed E-state index contributed by atoms with van der Waals surface area (Å²) in [7, 11) is 0. The molecule has 6 rings (SSSR count). The highest BCUT2D eigenvalue weighted by atomic mass is 35.5. The Morgan fingerprint density at radius 3 is 2.83 bits per heavy atom. The molecular formula is C30H30ClFN6O2. The molecule has 8 nitrogen and oxygen atoms in total. The van der Waals surface area contributed by atoms with Gasteiger partial charge in [-0.25, -0.2) is 4.39 Å². The fourth-order valence-electron chi connectivity index (χ4n) is 5.21. The van der Waals surface area contributed by atoms with Crippen molar-refractivity contribution in [3.8, 4) is 11.3 Å². The fraction of sp³-hybridized carbons (Fsp3) is 0.300. The molecular weight excluding hydrogens is 531 g/mol. The number of halogens is 2. The van der Waals surface area contributed by atoms with Gasteiger partial charge in [0.1, 0.15) is 6.17 Å². The molecule has 0 bridgehead atoms. The van der Waals surface area contributed by atoms with Gasteiger partial charge < -0.3 is 15.3 Å². The number of rotatable bonds is 7. The summed E-state index contributed by atoms with van der Waals surface area (Å²) in [4.78, 5) is 33.9. The number of aromatic amines is 2. The standard InChI is InChI=1S/C30H30ClFN6O2/c31-23-4-1-19(2-5-23)17-38-18-22(14-34-38)29(39)35-25-13-26(30(40)33-15-25)28-12-21-11-20(3-6-27(21)36-28)16-37-9-7-24(32)8-10-37/h1-4,6,11-15,18,23-24,36H,5,7-10,16-17H2,(H,33,40)(H,35,39). The van der Waals surface area contributed by atoms with Crippen LogP contribution in [0.3, 0.4) is 0 Å².